The summed E-state index contributed by atoms with van der Waals surface area (Å²) in [6, 6.07) is 6.24. The Morgan fingerprint density at radius 2 is 2.07 bits per heavy atom. The zero-order chi connectivity index (χ0) is 20.1. The molecule has 0 saturated carbocycles. The number of amides is 1. The fraction of sp³-hybridized carbons (Fsp3) is 0.500. The van der Waals surface area contributed by atoms with E-state index in [4.69, 9.17) is 4.42 Å². The molecule has 5 nitrogen and oxygen atoms in total. The first kappa shape index (κ1) is 20.2. The van der Waals surface area contributed by atoms with E-state index in [0.29, 0.717) is 31.7 Å². The topological polar surface area (TPSA) is 58.4 Å². The third-order valence-corrected chi connectivity index (χ3v) is 5.06. The molecule has 1 fully saturated rings. The Morgan fingerprint density at radius 1 is 1.32 bits per heavy atom. The van der Waals surface area contributed by atoms with Crippen LogP contribution in [0.4, 0.5) is 19.0 Å². The van der Waals surface area contributed by atoms with Crippen LogP contribution < -0.4 is 10.2 Å². The average molecular weight is 395 g/mol. The molecule has 1 N–H and O–H groups in total. The smallest absolute Gasteiger partial charge is 0.417 e. The molecule has 152 valence electrons. The first-order chi connectivity index (χ1) is 13.3. The number of nitrogens with zero attached hydrogens (tertiary/aromatic N) is 2. The lowest BCUT2D eigenvalue weighted by Gasteiger charge is -2.32. The average Bonchev–Trinajstić information content (AvgIpc) is 3.19. The highest BCUT2D eigenvalue weighted by molar-refractivity contribution is 5.79. The molecular formula is C20H24F3N3O2. The predicted molar refractivity (Wildman–Crippen MR) is 98.8 cm³/mol. The molecule has 0 bridgehead atoms. The molecule has 1 aliphatic rings. The summed E-state index contributed by atoms with van der Waals surface area (Å²) >= 11 is 0. The molecule has 3 heterocycles. The van der Waals surface area contributed by atoms with Crippen molar-refractivity contribution < 1.29 is 22.4 Å². The van der Waals surface area contributed by atoms with Gasteiger partial charge in [0.15, 0.2) is 0 Å². The van der Waals surface area contributed by atoms with E-state index in [2.05, 4.69) is 10.3 Å². The maximum absolute atomic E-state index is 12.6. The zero-order valence-corrected chi connectivity index (χ0v) is 15.7. The van der Waals surface area contributed by atoms with Crippen LogP contribution in [0.15, 0.2) is 41.1 Å². The quantitative estimate of drug-likeness (QED) is 0.802. The fourth-order valence-corrected chi connectivity index (χ4v) is 3.36. The van der Waals surface area contributed by atoms with E-state index < -0.39 is 11.7 Å². The van der Waals surface area contributed by atoms with Crippen molar-refractivity contribution in [3.05, 3.63) is 48.0 Å². The summed E-state index contributed by atoms with van der Waals surface area (Å²) in [6.07, 6.45) is 0.982. The summed E-state index contributed by atoms with van der Waals surface area (Å²) in [5.41, 5.74) is -0.756. The second-order valence-corrected chi connectivity index (χ2v) is 7.19. The van der Waals surface area contributed by atoms with E-state index in [0.717, 1.165) is 30.9 Å². The minimum atomic E-state index is -4.38. The highest BCUT2D eigenvalue weighted by atomic mass is 19.4. The van der Waals surface area contributed by atoms with Gasteiger partial charge in [0.25, 0.3) is 0 Å². The lowest BCUT2D eigenvalue weighted by Crippen LogP contribution is -2.43. The molecule has 8 heteroatoms. The van der Waals surface area contributed by atoms with Crippen LogP contribution in [0.5, 0.6) is 0 Å². The van der Waals surface area contributed by atoms with E-state index in [-0.39, 0.29) is 17.9 Å². The highest BCUT2D eigenvalue weighted by Crippen LogP contribution is 2.30. The van der Waals surface area contributed by atoms with Gasteiger partial charge < -0.3 is 14.6 Å². The molecule has 0 aromatic carbocycles. The number of anilines is 1. The third kappa shape index (κ3) is 5.27. The van der Waals surface area contributed by atoms with E-state index in [1.54, 1.807) is 6.26 Å². The third-order valence-electron chi connectivity index (χ3n) is 5.06. The van der Waals surface area contributed by atoms with Crippen LogP contribution >= 0.6 is 0 Å². The van der Waals surface area contributed by atoms with Crippen molar-refractivity contribution in [1.29, 1.82) is 0 Å². The molecule has 28 heavy (non-hydrogen) atoms. The molecule has 1 aliphatic heterocycles. The van der Waals surface area contributed by atoms with Gasteiger partial charge in [0.05, 0.1) is 11.8 Å². The molecule has 2 aromatic heterocycles. The minimum Gasteiger partial charge on any atom is -0.469 e. The number of hydrogen-bond donors (Lipinski definition) is 1. The van der Waals surface area contributed by atoms with Crippen LogP contribution in [0.3, 0.4) is 0 Å². The van der Waals surface area contributed by atoms with Crippen LogP contribution in [-0.4, -0.2) is 30.0 Å². The normalized spacial score (nSPS) is 16.8. The molecule has 2 aromatic rings. The number of rotatable bonds is 6. The Kier molecular flexibility index (Phi) is 6.26. The molecule has 1 unspecified atom stereocenters. The van der Waals surface area contributed by atoms with Gasteiger partial charge >= 0.3 is 6.18 Å². The maximum Gasteiger partial charge on any atom is 0.417 e. The van der Waals surface area contributed by atoms with E-state index in [1.165, 1.54) is 6.07 Å². The summed E-state index contributed by atoms with van der Waals surface area (Å²) in [6.45, 7) is 3.16. The number of carbonyl (C=O) groups is 1. The number of carbonyl (C=O) groups excluding carboxylic acids is 1. The van der Waals surface area contributed by atoms with Gasteiger partial charge in [-0.05, 0) is 50.5 Å². The number of furan rings is 1. The molecular weight excluding hydrogens is 371 g/mol. The lowest BCUT2D eigenvalue weighted by atomic mass is 9.95. The van der Waals surface area contributed by atoms with Crippen molar-refractivity contribution in [2.24, 2.45) is 5.92 Å². The van der Waals surface area contributed by atoms with Gasteiger partial charge in [-0.2, -0.15) is 13.2 Å². The highest BCUT2D eigenvalue weighted by Gasteiger charge is 2.31. The Balaban J connectivity index is 1.44. The van der Waals surface area contributed by atoms with E-state index >= 15 is 0 Å². The first-order valence-electron chi connectivity index (χ1n) is 9.44. The van der Waals surface area contributed by atoms with Gasteiger partial charge in [0.2, 0.25) is 5.91 Å². The van der Waals surface area contributed by atoms with Gasteiger partial charge in [0.1, 0.15) is 11.6 Å². The number of aromatic nitrogens is 1. The number of alkyl halides is 3. The van der Waals surface area contributed by atoms with Crippen LogP contribution in [0.2, 0.25) is 0 Å². The van der Waals surface area contributed by atoms with Crippen molar-refractivity contribution in [1.82, 2.24) is 10.3 Å². The van der Waals surface area contributed by atoms with Crippen LogP contribution in [0, 0.1) is 5.92 Å². The summed E-state index contributed by atoms with van der Waals surface area (Å²) < 4.78 is 43.2. The molecule has 1 amide bonds. The van der Waals surface area contributed by atoms with E-state index in [1.807, 2.05) is 24.0 Å². The molecule has 1 saturated heterocycles. The molecule has 0 spiro atoms. The van der Waals surface area contributed by atoms with Gasteiger partial charge in [-0.3, -0.25) is 4.79 Å². The Bertz CT molecular complexity index is 752. The van der Waals surface area contributed by atoms with Gasteiger partial charge in [-0.25, -0.2) is 4.98 Å². The largest absolute Gasteiger partial charge is 0.469 e. The lowest BCUT2D eigenvalue weighted by molar-refractivity contribution is -0.137. The Hall–Kier alpha value is -2.51. The standard InChI is InChI=1S/C20H24F3N3O2/c1-14(4-6-17-3-2-12-28-17)25-19(27)15-8-10-26(11-9-15)18-7-5-16(13-24-18)20(21,22)23/h2-3,5,7,12-15H,4,6,8-11H2,1H3,(H,25,27). The van der Waals surface area contributed by atoms with Crippen molar-refractivity contribution in [2.45, 2.75) is 44.8 Å². The monoisotopic (exact) mass is 395 g/mol. The molecule has 1 atom stereocenters. The number of pyridine rings is 1. The van der Waals surface area contributed by atoms with Crippen LogP contribution in [-0.2, 0) is 17.4 Å². The second-order valence-electron chi connectivity index (χ2n) is 7.19. The van der Waals surface area contributed by atoms with Crippen LogP contribution in [0.1, 0.15) is 37.5 Å². The maximum atomic E-state index is 12.6. The predicted octanol–water partition coefficient (Wildman–Crippen LogP) is 4.05. The van der Waals surface area contributed by atoms with Gasteiger partial charge in [0, 0.05) is 37.7 Å². The molecule has 3 rings (SSSR count). The summed E-state index contributed by atoms with van der Waals surface area (Å²) in [5, 5.41) is 3.05. The molecule has 0 radical (unpaired) electrons. The van der Waals surface area contributed by atoms with Crippen molar-refractivity contribution in [3.63, 3.8) is 0 Å². The molecule has 0 aliphatic carbocycles. The first-order valence-corrected chi connectivity index (χ1v) is 9.44. The number of hydrogen-bond acceptors (Lipinski definition) is 4. The Morgan fingerprint density at radius 3 is 2.64 bits per heavy atom. The summed E-state index contributed by atoms with van der Waals surface area (Å²) in [5.74, 6) is 1.36. The van der Waals surface area contributed by atoms with Crippen molar-refractivity contribution in [2.75, 3.05) is 18.0 Å². The number of piperidine rings is 1. The summed E-state index contributed by atoms with van der Waals surface area (Å²) in [7, 11) is 0. The fourth-order valence-electron chi connectivity index (χ4n) is 3.36. The number of nitrogens with one attached hydrogen (secondary N) is 1. The van der Waals surface area contributed by atoms with Gasteiger partial charge in [-0.1, -0.05) is 0 Å². The van der Waals surface area contributed by atoms with Crippen LogP contribution in [0.25, 0.3) is 0 Å². The van der Waals surface area contributed by atoms with Crippen molar-refractivity contribution >= 4 is 11.7 Å². The van der Waals surface area contributed by atoms with E-state index in [9.17, 15) is 18.0 Å². The number of halogens is 3. The zero-order valence-electron chi connectivity index (χ0n) is 15.7. The minimum absolute atomic E-state index is 0.0342. The van der Waals surface area contributed by atoms with Gasteiger partial charge in [-0.15, -0.1) is 0 Å². The summed E-state index contributed by atoms with van der Waals surface area (Å²) in [4.78, 5) is 18.3. The Labute approximate surface area is 161 Å². The SMILES string of the molecule is CC(CCc1ccco1)NC(=O)C1CCN(c2ccc(C(F)(F)F)cn2)CC1. The van der Waals surface area contributed by atoms with Crippen molar-refractivity contribution in [3.8, 4) is 0 Å². The number of aryl methyl sites for hydroxylation is 1. The second kappa shape index (κ2) is 8.67.